The minimum absolute atomic E-state index is 0.301. The Labute approximate surface area is 141 Å². The molecule has 0 bridgehead atoms. The number of allylic oxidation sites excluding steroid dienone is 1. The van der Waals surface area contributed by atoms with Crippen LogP contribution in [0.1, 0.15) is 24.7 Å². The molecule has 0 amide bonds. The number of thioether (sulfide) groups is 1. The van der Waals surface area contributed by atoms with Gasteiger partial charge in [-0.15, -0.1) is 10.2 Å². The van der Waals surface area contributed by atoms with Gasteiger partial charge in [0.2, 0.25) is 11.0 Å². The zero-order chi connectivity index (χ0) is 17.3. The van der Waals surface area contributed by atoms with E-state index in [4.69, 9.17) is 9.47 Å². The second-order valence-electron chi connectivity index (χ2n) is 4.86. The van der Waals surface area contributed by atoms with Crippen LogP contribution in [-0.2, 0) is 0 Å². The maximum Gasteiger partial charge on any atom is 0.299 e. The molecule has 24 heavy (non-hydrogen) atoms. The first kappa shape index (κ1) is 16.4. The molecule has 0 unspecified atom stereocenters. The van der Waals surface area contributed by atoms with E-state index in [0.29, 0.717) is 22.4 Å². The number of rotatable bonds is 4. The summed E-state index contributed by atoms with van der Waals surface area (Å²) in [6.45, 7) is 1.74. The molecule has 3 rings (SSSR count). The molecule has 0 aliphatic carbocycles. The van der Waals surface area contributed by atoms with Crippen molar-refractivity contribution >= 4 is 23.5 Å². The number of methoxy groups -OCH3 is 2. The highest BCUT2D eigenvalue weighted by atomic mass is 32.2. The van der Waals surface area contributed by atoms with Gasteiger partial charge in [-0.2, -0.15) is 9.78 Å². The first-order valence-electron chi connectivity index (χ1n) is 6.94. The number of ether oxygens (including phenoxy) is 2. The summed E-state index contributed by atoms with van der Waals surface area (Å²) >= 11 is 1.23. The fraction of sp³-hybridized carbons (Fsp3) is 0.267. The molecule has 0 radical (unpaired) electrons. The number of aromatic nitrogens is 3. The van der Waals surface area contributed by atoms with Crippen LogP contribution in [0.25, 0.3) is 6.08 Å². The Kier molecular flexibility index (Phi) is 4.52. The van der Waals surface area contributed by atoms with Crippen molar-refractivity contribution in [3.8, 4) is 11.5 Å². The summed E-state index contributed by atoms with van der Waals surface area (Å²) < 4.78 is 37.4. The average Bonchev–Trinajstić information content (AvgIpc) is 2.98. The smallest absolute Gasteiger partial charge is 0.299 e. The van der Waals surface area contributed by atoms with Gasteiger partial charge in [0.15, 0.2) is 0 Å². The zero-order valence-corrected chi connectivity index (χ0v) is 14.0. The van der Waals surface area contributed by atoms with Crippen LogP contribution >= 0.6 is 11.8 Å². The second-order valence-corrected chi connectivity index (χ2v) is 5.87. The molecule has 0 saturated carbocycles. The molecule has 0 N–H and O–H groups in total. The van der Waals surface area contributed by atoms with E-state index in [1.807, 2.05) is 18.2 Å². The van der Waals surface area contributed by atoms with E-state index in [1.54, 1.807) is 27.2 Å². The molecule has 0 saturated heterocycles. The van der Waals surface area contributed by atoms with Crippen LogP contribution in [0.15, 0.2) is 33.4 Å². The van der Waals surface area contributed by atoms with Gasteiger partial charge in [0, 0.05) is 16.5 Å². The lowest BCUT2D eigenvalue weighted by molar-refractivity contribution is 0.135. The molecular formula is C15H14F2N4O2S. The van der Waals surface area contributed by atoms with Crippen molar-refractivity contribution in [2.24, 2.45) is 5.10 Å². The summed E-state index contributed by atoms with van der Waals surface area (Å²) in [5, 5.41) is 11.7. The summed E-state index contributed by atoms with van der Waals surface area (Å²) in [6, 6.07) is 5.43. The molecule has 2 heterocycles. The molecule has 1 aliphatic rings. The summed E-state index contributed by atoms with van der Waals surface area (Å²) in [5.74, 6) is 0.852. The normalized spacial score (nSPS) is 15.4. The van der Waals surface area contributed by atoms with Crippen molar-refractivity contribution in [3.05, 3.63) is 34.5 Å². The number of hydrogen-bond donors (Lipinski definition) is 0. The van der Waals surface area contributed by atoms with Crippen molar-refractivity contribution < 1.29 is 18.3 Å². The topological polar surface area (TPSA) is 61.5 Å². The van der Waals surface area contributed by atoms with E-state index >= 15 is 0 Å². The van der Waals surface area contributed by atoms with Crippen molar-refractivity contribution in [1.29, 1.82) is 0 Å². The largest absolute Gasteiger partial charge is 0.497 e. The molecule has 9 heteroatoms. The van der Waals surface area contributed by atoms with E-state index in [-0.39, 0.29) is 0 Å². The summed E-state index contributed by atoms with van der Waals surface area (Å²) in [4.78, 5) is 0.777. The highest BCUT2D eigenvalue weighted by Gasteiger charge is 2.25. The standard InChI is InChI=1S/C15H14F2N4O2S/c1-8-12(6-9-4-5-10(22-2)7-11(9)23-3)24-15-19-18-14(13(16)17)21(15)20-8/h4-7,13H,1-3H3/b12-6-. The predicted molar refractivity (Wildman–Crippen MR) is 86.9 cm³/mol. The molecule has 0 fully saturated rings. The van der Waals surface area contributed by atoms with Crippen LogP contribution in [0.4, 0.5) is 8.78 Å². The Balaban J connectivity index is 1.99. The monoisotopic (exact) mass is 352 g/mol. The van der Waals surface area contributed by atoms with Crippen molar-refractivity contribution in [2.45, 2.75) is 18.5 Å². The van der Waals surface area contributed by atoms with Crippen molar-refractivity contribution in [3.63, 3.8) is 0 Å². The number of nitrogens with zero attached hydrogens (tertiary/aromatic N) is 4. The zero-order valence-electron chi connectivity index (χ0n) is 13.2. The molecule has 0 atom stereocenters. The van der Waals surface area contributed by atoms with Gasteiger partial charge in [-0.1, -0.05) is 0 Å². The van der Waals surface area contributed by atoms with E-state index in [2.05, 4.69) is 15.3 Å². The van der Waals surface area contributed by atoms with Gasteiger partial charge in [-0.05, 0) is 36.9 Å². The lowest BCUT2D eigenvalue weighted by atomic mass is 10.1. The van der Waals surface area contributed by atoms with Gasteiger partial charge in [0.1, 0.15) is 11.5 Å². The Morgan fingerprint density at radius 3 is 2.67 bits per heavy atom. The third-order valence-electron chi connectivity index (χ3n) is 3.37. The fourth-order valence-corrected chi connectivity index (χ4v) is 3.03. The molecule has 6 nitrogen and oxygen atoms in total. The molecular weight excluding hydrogens is 338 g/mol. The van der Waals surface area contributed by atoms with Gasteiger partial charge in [-0.3, -0.25) is 0 Å². The second kappa shape index (κ2) is 6.60. The first-order chi connectivity index (χ1) is 11.5. The Morgan fingerprint density at radius 1 is 1.21 bits per heavy atom. The van der Waals surface area contributed by atoms with Gasteiger partial charge in [0.05, 0.1) is 19.9 Å². The molecule has 0 spiro atoms. The van der Waals surface area contributed by atoms with Crippen LogP contribution in [-0.4, -0.2) is 34.8 Å². The molecule has 1 aromatic carbocycles. The Bertz CT molecular complexity index is 833. The molecule has 1 aromatic heterocycles. The highest BCUT2D eigenvalue weighted by Crippen LogP contribution is 2.36. The van der Waals surface area contributed by atoms with E-state index in [9.17, 15) is 8.78 Å². The first-order valence-corrected chi connectivity index (χ1v) is 7.76. The Morgan fingerprint density at radius 2 is 2.00 bits per heavy atom. The summed E-state index contributed by atoms with van der Waals surface area (Å²) in [5.41, 5.74) is 1.41. The van der Waals surface area contributed by atoms with E-state index in [1.165, 1.54) is 11.8 Å². The van der Waals surface area contributed by atoms with Gasteiger partial charge in [-0.25, -0.2) is 8.78 Å². The van der Waals surface area contributed by atoms with Crippen LogP contribution in [0.3, 0.4) is 0 Å². The molecule has 126 valence electrons. The summed E-state index contributed by atoms with van der Waals surface area (Å²) in [6.07, 6.45) is -0.863. The lowest BCUT2D eigenvalue weighted by Gasteiger charge is -2.15. The summed E-state index contributed by atoms with van der Waals surface area (Å²) in [7, 11) is 3.14. The quantitative estimate of drug-likeness (QED) is 0.841. The SMILES string of the molecule is COc1ccc(/C=C2\Sc3nnc(C(F)F)n3N=C2C)c(OC)c1. The Hall–Kier alpha value is -2.42. The minimum Gasteiger partial charge on any atom is -0.497 e. The average molecular weight is 352 g/mol. The number of hydrogen-bond acceptors (Lipinski definition) is 6. The van der Waals surface area contributed by atoms with Gasteiger partial charge >= 0.3 is 0 Å². The number of fused-ring (bicyclic) bond motifs is 1. The van der Waals surface area contributed by atoms with Gasteiger partial charge < -0.3 is 9.47 Å². The number of benzene rings is 1. The predicted octanol–water partition coefficient (Wildman–Crippen LogP) is 3.60. The highest BCUT2D eigenvalue weighted by molar-refractivity contribution is 8.04. The van der Waals surface area contributed by atoms with Crippen LogP contribution in [0.2, 0.25) is 0 Å². The van der Waals surface area contributed by atoms with Crippen LogP contribution in [0, 0.1) is 0 Å². The molecule has 1 aliphatic heterocycles. The maximum absolute atomic E-state index is 12.9. The van der Waals surface area contributed by atoms with Crippen LogP contribution in [0.5, 0.6) is 11.5 Å². The van der Waals surface area contributed by atoms with Crippen molar-refractivity contribution in [2.75, 3.05) is 14.2 Å². The lowest BCUT2D eigenvalue weighted by Crippen LogP contribution is -2.09. The minimum atomic E-state index is -2.73. The van der Waals surface area contributed by atoms with Gasteiger partial charge in [0.25, 0.3) is 6.43 Å². The number of alkyl halides is 2. The van der Waals surface area contributed by atoms with E-state index in [0.717, 1.165) is 15.1 Å². The number of halogens is 2. The molecule has 2 aromatic rings. The fourth-order valence-electron chi connectivity index (χ4n) is 2.15. The third-order valence-corrected chi connectivity index (χ3v) is 4.44. The maximum atomic E-state index is 12.9. The third kappa shape index (κ3) is 2.99. The van der Waals surface area contributed by atoms with Crippen LogP contribution < -0.4 is 9.47 Å². The van der Waals surface area contributed by atoms with E-state index < -0.39 is 12.2 Å². The van der Waals surface area contributed by atoms with Crippen molar-refractivity contribution in [1.82, 2.24) is 14.9 Å².